The number of nitrogens with zero attached hydrogens (tertiary/aromatic N) is 1. The first-order chi connectivity index (χ1) is 8.20. The summed E-state index contributed by atoms with van der Waals surface area (Å²) >= 11 is 6.10. The molecule has 1 aromatic carbocycles. The molecule has 0 heterocycles. The normalized spacial score (nSPS) is 15.7. The average molecular weight is 253 g/mol. The molecule has 94 valence electrons. The molecule has 1 aliphatic carbocycles. The molecular formula is C14H21ClN2. The van der Waals surface area contributed by atoms with Crippen molar-refractivity contribution in [2.75, 3.05) is 25.5 Å². The van der Waals surface area contributed by atoms with E-state index in [0.717, 1.165) is 24.0 Å². The smallest absolute Gasteiger partial charge is 0.0426 e. The monoisotopic (exact) mass is 252 g/mol. The van der Waals surface area contributed by atoms with Gasteiger partial charge in [0.2, 0.25) is 0 Å². The molecule has 2 nitrogen and oxygen atoms in total. The fourth-order valence-electron chi connectivity index (χ4n) is 2.39. The molecule has 0 aromatic heterocycles. The summed E-state index contributed by atoms with van der Waals surface area (Å²) in [5.74, 6) is 0.876. The summed E-state index contributed by atoms with van der Waals surface area (Å²) in [5.41, 5.74) is 2.58. The first kappa shape index (κ1) is 12.7. The summed E-state index contributed by atoms with van der Waals surface area (Å²) in [4.78, 5) is 2.35. The average Bonchev–Trinajstić information content (AvgIpc) is 2.26. The number of nitrogens with one attached hydrogen (secondary N) is 1. The van der Waals surface area contributed by atoms with Crippen LogP contribution in [0.5, 0.6) is 0 Å². The van der Waals surface area contributed by atoms with Gasteiger partial charge in [0.25, 0.3) is 0 Å². The van der Waals surface area contributed by atoms with E-state index in [9.17, 15) is 0 Å². The third kappa shape index (κ3) is 3.14. The lowest BCUT2D eigenvalue weighted by Gasteiger charge is -2.32. The Hall–Kier alpha value is -0.730. The Bertz CT molecular complexity index is 374. The van der Waals surface area contributed by atoms with E-state index >= 15 is 0 Å². The number of hydrogen-bond donors (Lipinski definition) is 1. The van der Waals surface area contributed by atoms with Gasteiger partial charge in [0.05, 0.1) is 0 Å². The van der Waals surface area contributed by atoms with E-state index in [1.165, 1.54) is 30.5 Å². The minimum atomic E-state index is 0.820. The molecule has 0 amide bonds. The van der Waals surface area contributed by atoms with E-state index in [0.29, 0.717) is 0 Å². The molecule has 1 aliphatic rings. The summed E-state index contributed by atoms with van der Waals surface area (Å²) in [6.07, 6.45) is 4.16. The van der Waals surface area contributed by atoms with Crippen molar-refractivity contribution in [2.45, 2.75) is 25.8 Å². The molecular weight excluding hydrogens is 232 g/mol. The van der Waals surface area contributed by atoms with Crippen molar-refractivity contribution >= 4 is 17.3 Å². The van der Waals surface area contributed by atoms with E-state index < -0.39 is 0 Å². The van der Waals surface area contributed by atoms with Crippen molar-refractivity contribution in [2.24, 2.45) is 5.92 Å². The standard InChI is InChI=1S/C14H21ClN2/c1-16-9-12-6-7-13(15)8-14(12)17(2)10-11-4-3-5-11/h6-8,11,16H,3-5,9-10H2,1-2H3. The molecule has 2 rings (SSSR count). The topological polar surface area (TPSA) is 15.3 Å². The van der Waals surface area contributed by atoms with Crippen molar-refractivity contribution in [3.8, 4) is 0 Å². The van der Waals surface area contributed by atoms with Gasteiger partial charge in [-0.1, -0.05) is 24.1 Å². The number of rotatable bonds is 5. The van der Waals surface area contributed by atoms with Gasteiger partial charge in [-0.2, -0.15) is 0 Å². The fraction of sp³-hybridized carbons (Fsp3) is 0.571. The van der Waals surface area contributed by atoms with E-state index in [-0.39, 0.29) is 0 Å². The van der Waals surface area contributed by atoms with Gasteiger partial charge in [-0.3, -0.25) is 0 Å². The molecule has 3 heteroatoms. The van der Waals surface area contributed by atoms with Gasteiger partial charge in [0.1, 0.15) is 0 Å². The number of hydrogen-bond acceptors (Lipinski definition) is 2. The highest BCUT2D eigenvalue weighted by molar-refractivity contribution is 6.30. The summed E-state index contributed by atoms with van der Waals surface area (Å²) in [6.45, 7) is 2.04. The second-order valence-corrected chi connectivity index (χ2v) is 5.42. The highest BCUT2D eigenvalue weighted by atomic mass is 35.5. The molecule has 1 N–H and O–H groups in total. The van der Waals surface area contributed by atoms with Gasteiger partial charge in [-0.05, 0) is 43.5 Å². The molecule has 0 radical (unpaired) electrons. The van der Waals surface area contributed by atoms with E-state index in [1.54, 1.807) is 0 Å². The second kappa shape index (κ2) is 5.74. The van der Waals surface area contributed by atoms with Crippen LogP contribution >= 0.6 is 11.6 Å². The molecule has 17 heavy (non-hydrogen) atoms. The minimum Gasteiger partial charge on any atom is -0.374 e. The highest BCUT2D eigenvalue weighted by Crippen LogP contribution is 2.30. The lowest BCUT2D eigenvalue weighted by molar-refractivity contribution is 0.321. The highest BCUT2D eigenvalue weighted by Gasteiger charge is 2.20. The van der Waals surface area contributed by atoms with Crippen LogP contribution < -0.4 is 10.2 Å². The van der Waals surface area contributed by atoms with Crippen molar-refractivity contribution in [3.63, 3.8) is 0 Å². The summed E-state index contributed by atoms with van der Waals surface area (Å²) in [6, 6.07) is 6.16. The molecule has 0 unspecified atom stereocenters. The molecule has 0 atom stereocenters. The largest absolute Gasteiger partial charge is 0.374 e. The van der Waals surface area contributed by atoms with Crippen LogP contribution in [0.4, 0.5) is 5.69 Å². The maximum atomic E-state index is 6.10. The predicted octanol–water partition coefficient (Wildman–Crippen LogP) is 3.30. The third-order valence-electron chi connectivity index (χ3n) is 3.58. The second-order valence-electron chi connectivity index (χ2n) is 4.98. The number of benzene rings is 1. The van der Waals surface area contributed by atoms with Crippen molar-refractivity contribution in [1.82, 2.24) is 5.32 Å². The quantitative estimate of drug-likeness (QED) is 0.865. The maximum absolute atomic E-state index is 6.10. The predicted molar refractivity (Wildman–Crippen MR) is 74.8 cm³/mol. The molecule has 0 saturated heterocycles. The van der Waals surface area contributed by atoms with Gasteiger partial charge in [0.15, 0.2) is 0 Å². The van der Waals surface area contributed by atoms with Gasteiger partial charge in [-0.25, -0.2) is 0 Å². The molecule has 0 aliphatic heterocycles. The Morgan fingerprint density at radius 1 is 1.41 bits per heavy atom. The van der Waals surface area contributed by atoms with E-state index in [2.05, 4.69) is 29.4 Å². The van der Waals surface area contributed by atoms with E-state index in [1.807, 2.05) is 13.1 Å². The van der Waals surface area contributed by atoms with Crippen LogP contribution in [-0.4, -0.2) is 20.6 Å². The molecule has 1 saturated carbocycles. The SMILES string of the molecule is CNCc1ccc(Cl)cc1N(C)CC1CCC1. The Balaban J connectivity index is 2.12. The van der Waals surface area contributed by atoms with Crippen molar-refractivity contribution < 1.29 is 0 Å². The number of anilines is 1. The number of halogens is 1. The first-order valence-corrected chi connectivity index (χ1v) is 6.72. The molecule has 1 fully saturated rings. The van der Waals surface area contributed by atoms with Crippen molar-refractivity contribution in [1.29, 1.82) is 0 Å². The van der Waals surface area contributed by atoms with Crippen LogP contribution in [0.25, 0.3) is 0 Å². The van der Waals surface area contributed by atoms with Crippen molar-refractivity contribution in [3.05, 3.63) is 28.8 Å². The van der Waals surface area contributed by atoms with Gasteiger partial charge < -0.3 is 10.2 Å². The van der Waals surface area contributed by atoms with Gasteiger partial charge in [0, 0.05) is 30.8 Å². The molecule has 0 spiro atoms. The Morgan fingerprint density at radius 2 is 2.18 bits per heavy atom. The molecule has 1 aromatic rings. The summed E-state index contributed by atoms with van der Waals surface area (Å²) in [7, 11) is 4.15. The lowest BCUT2D eigenvalue weighted by atomic mass is 9.85. The van der Waals surface area contributed by atoms with Crippen LogP contribution in [0, 0.1) is 5.92 Å². The van der Waals surface area contributed by atoms with Gasteiger partial charge >= 0.3 is 0 Å². The first-order valence-electron chi connectivity index (χ1n) is 6.35. The zero-order chi connectivity index (χ0) is 12.3. The van der Waals surface area contributed by atoms with Crippen LogP contribution in [0.3, 0.4) is 0 Å². The summed E-state index contributed by atoms with van der Waals surface area (Å²) in [5, 5.41) is 4.03. The van der Waals surface area contributed by atoms with Crippen LogP contribution in [0.1, 0.15) is 24.8 Å². The zero-order valence-corrected chi connectivity index (χ0v) is 11.4. The Morgan fingerprint density at radius 3 is 2.76 bits per heavy atom. The Kier molecular flexibility index (Phi) is 4.30. The maximum Gasteiger partial charge on any atom is 0.0426 e. The Labute approximate surface area is 109 Å². The zero-order valence-electron chi connectivity index (χ0n) is 10.7. The third-order valence-corrected chi connectivity index (χ3v) is 3.82. The van der Waals surface area contributed by atoms with E-state index in [4.69, 9.17) is 11.6 Å². The van der Waals surface area contributed by atoms with Crippen LogP contribution in [0.2, 0.25) is 5.02 Å². The van der Waals surface area contributed by atoms with Crippen LogP contribution in [-0.2, 0) is 6.54 Å². The molecule has 0 bridgehead atoms. The fourth-order valence-corrected chi connectivity index (χ4v) is 2.56. The minimum absolute atomic E-state index is 0.820. The summed E-state index contributed by atoms with van der Waals surface area (Å²) < 4.78 is 0. The van der Waals surface area contributed by atoms with Crippen LogP contribution in [0.15, 0.2) is 18.2 Å². The lowest BCUT2D eigenvalue weighted by Crippen LogP contribution is -2.30. The van der Waals surface area contributed by atoms with Gasteiger partial charge in [-0.15, -0.1) is 0 Å².